The van der Waals surface area contributed by atoms with Crippen LogP contribution >= 0.6 is 0 Å². The highest BCUT2D eigenvalue weighted by atomic mass is 19.1. The highest BCUT2D eigenvalue weighted by Gasteiger charge is 2.23. The van der Waals surface area contributed by atoms with Gasteiger partial charge in [-0.2, -0.15) is 0 Å². The van der Waals surface area contributed by atoms with E-state index in [0.717, 1.165) is 30.6 Å². The number of hydrogen-bond acceptors (Lipinski definition) is 4. The van der Waals surface area contributed by atoms with E-state index in [1.54, 1.807) is 30.3 Å². The summed E-state index contributed by atoms with van der Waals surface area (Å²) < 4.78 is 28.1. The lowest BCUT2D eigenvalue weighted by Gasteiger charge is -2.32. The smallest absolute Gasteiger partial charge is 0.255 e. The number of hydrogen-bond donors (Lipinski definition) is 3. The van der Waals surface area contributed by atoms with E-state index in [1.807, 2.05) is 18.0 Å². The average molecular weight is 568 g/mol. The van der Waals surface area contributed by atoms with Gasteiger partial charge in [-0.3, -0.25) is 14.4 Å². The molecule has 212 valence electrons. The maximum absolute atomic E-state index is 14.8. The number of nitrogens with one attached hydrogen (secondary N) is 2. The molecule has 1 aliphatic heterocycles. The molecule has 0 bridgehead atoms. The Morgan fingerprint density at radius 1 is 0.857 bits per heavy atom. The van der Waals surface area contributed by atoms with Gasteiger partial charge < -0.3 is 25.8 Å². The molecule has 3 amide bonds. The second-order valence-electron chi connectivity index (χ2n) is 10.4. The lowest BCUT2D eigenvalue weighted by Crippen LogP contribution is -2.47. The SMILES string of the molecule is CN1CCN(C(=O)c2ccc3c(c2)[nH]c2c(C(N)=O)ccc(-c4ccc(F)c(NC(=O)c5ccc(F)cc5)c4)c23)CC1. The van der Waals surface area contributed by atoms with Gasteiger partial charge in [-0.15, -0.1) is 0 Å². The first-order valence-corrected chi connectivity index (χ1v) is 13.4. The first-order chi connectivity index (χ1) is 20.2. The number of halogens is 2. The molecule has 4 aromatic carbocycles. The van der Waals surface area contributed by atoms with Gasteiger partial charge in [0.15, 0.2) is 0 Å². The van der Waals surface area contributed by atoms with E-state index in [4.69, 9.17) is 5.73 Å². The largest absolute Gasteiger partial charge is 0.366 e. The second kappa shape index (κ2) is 10.7. The highest BCUT2D eigenvalue weighted by Crippen LogP contribution is 2.38. The molecule has 1 aromatic heterocycles. The van der Waals surface area contributed by atoms with E-state index in [1.165, 1.54) is 24.3 Å². The molecule has 10 heteroatoms. The van der Waals surface area contributed by atoms with Crippen molar-refractivity contribution in [2.24, 2.45) is 5.73 Å². The Hall–Kier alpha value is -5.09. The van der Waals surface area contributed by atoms with Crippen LogP contribution in [0.15, 0.2) is 72.8 Å². The topological polar surface area (TPSA) is 112 Å². The Bertz CT molecular complexity index is 1880. The van der Waals surface area contributed by atoms with Crippen molar-refractivity contribution in [1.29, 1.82) is 0 Å². The summed E-state index contributed by atoms with van der Waals surface area (Å²) in [5.41, 5.74) is 8.97. The normalized spacial score (nSPS) is 13.9. The van der Waals surface area contributed by atoms with Crippen molar-refractivity contribution in [1.82, 2.24) is 14.8 Å². The van der Waals surface area contributed by atoms with Crippen LogP contribution < -0.4 is 11.1 Å². The lowest BCUT2D eigenvalue weighted by molar-refractivity contribution is 0.0664. The summed E-state index contributed by atoms with van der Waals surface area (Å²) in [5, 5.41) is 3.97. The number of carbonyl (C=O) groups excluding carboxylic acids is 3. The summed E-state index contributed by atoms with van der Waals surface area (Å²) in [6.07, 6.45) is 0. The van der Waals surface area contributed by atoms with Crippen LogP contribution in [0.1, 0.15) is 31.1 Å². The second-order valence-corrected chi connectivity index (χ2v) is 10.4. The monoisotopic (exact) mass is 567 g/mol. The van der Waals surface area contributed by atoms with Crippen LogP contribution in [-0.4, -0.2) is 65.7 Å². The van der Waals surface area contributed by atoms with E-state index >= 15 is 0 Å². The predicted molar refractivity (Wildman–Crippen MR) is 157 cm³/mol. The van der Waals surface area contributed by atoms with Crippen molar-refractivity contribution in [3.05, 3.63) is 101 Å². The van der Waals surface area contributed by atoms with Crippen LogP contribution in [0.3, 0.4) is 0 Å². The molecule has 0 atom stereocenters. The number of primary amides is 1. The number of amides is 3. The van der Waals surface area contributed by atoms with E-state index in [0.29, 0.717) is 46.2 Å². The molecular formula is C32H27F2N5O3. The van der Waals surface area contributed by atoms with Crippen LogP contribution in [0.4, 0.5) is 14.5 Å². The number of anilines is 1. The Balaban J connectivity index is 1.42. The first-order valence-electron chi connectivity index (χ1n) is 13.4. The molecule has 5 aromatic rings. The number of benzene rings is 4. The van der Waals surface area contributed by atoms with Crippen molar-refractivity contribution in [3.8, 4) is 11.1 Å². The van der Waals surface area contributed by atoms with Gasteiger partial charge in [-0.1, -0.05) is 18.2 Å². The van der Waals surface area contributed by atoms with Gasteiger partial charge >= 0.3 is 0 Å². The average Bonchev–Trinajstić information content (AvgIpc) is 3.37. The minimum absolute atomic E-state index is 0.0612. The summed E-state index contributed by atoms with van der Waals surface area (Å²) in [6, 6.07) is 17.9. The molecule has 0 saturated carbocycles. The van der Waals surface area contributed by atoms with Crippen LogP contribution in [0.5, 0.6) is 0 Å². The number of fused-ring (bicyclic) bond motifs is 3. The number of carbonyl (C=O) groups is 3. The number of nitrogens with zero attached hydrogens (tertiary/aromatic N) is 2. The molecular weight excluding hydrogens is 540 g/mol. The molecule has 8 nitrogen and oxygen atoms in total. The van der Waals surface area contributed by atoms with Gasteiger partial charge in [0.2, 0.25) is 0 Å². The highest BCUT2D eigenvalue weighted by molar-refractivity contribution is 6.20. The van der Waals surface area contributed by atoms with Gasteiger partial charge in [0.05, 0.1) is 16.8 Å². The standard InChI is InChI=1S/C32H27F2N5O3/c1-38-12-14-39(15-13-38)32(42)20-4-8-23-26(17-20)36-29-24(30(35)40)10-9-22(28(23)29)19-5-11-25(34)27(16-19)37-31(41)18-2-6-21(33)7-3-18/h2-11,16-17,36H,12-15H2,1H3,(H2,35,40)(H,37,41). The van der Waals surface area contributed by atoms with Crippen LogP contribution in [0, 0.1) is 11.6 Å². The van der Waals surface area contributed by atoms with Crippen molar-refractivity contribution < 1.29 is 23.2 Å². The quantitative estimate of drug-likeness (QED) is 0.277. The van der Waals surface area contributed by atoms with Crippen LogP contribution in [0.25, 0.3) is 32.9 Å². The minimum Gasteiger partial charge on any atom is -0.366 e. The van der Waals surface area contributed by atoms with Gasteiger partial charge in [-0.05, 0) is 72.8 Å². The maximum atomic E-state index is 14.8. The van der Waals surface area contributed by atoms with Crippen LogP contribution in [-0.2, 0) is 0 Å². The molecule has 4 N–H and O–H groups in total. The number of aromatic amines is 1. The van der Waals surface area contributed by atoms with Crippen molar-refractivity contribution in [2.75, 3.05) is 38.5 Å². The van der Waals surface area contributed by atoms with E-state index in [-0.39, 0.29) is 22.7 Å². The molecule has 0 unspecified atom stereocenters. The van der Waals surface area contributed by atoms with Gasteiger partial charge in [-0.25, -0.2) is 8.78 Å². The van der Waals surface area contributed by atoms with Gasteiger partial charge in [0.25, 0.3) is 17.7 Å². The molecule has 42 heavy (non-hydrogen) atoms. The Morgan fingerprint density at radius 2 is 1.57 bits per heavy atom. The van der Waals surface area contributed by atoms with Gasteiger partial charge in [0, 0.05) is 53.6 Å². The first kappa shape index (κ1) is 27.1. The summed E-state index contributed by atoms with van der Waals surface area (Å²) in [4.78, 5) is 45.6. The summed E-state index contributed by atoms with van der Waals surface area (Å²) in [6.45, 7) is 2.88. The third-order valence-corrected chi connectivity index (χ3v) is 7.69. The zero-order valence-electron chi connectivity index (χ0n) is 22.7. The zero-order chi connectivity index (χ0) is 29.5. The zero-order valence-corrected chi connectivity index (χ0v) is 22.7. The third-order valence-electron chi connectivity index (χ3n) is 7.69. The number of aromatic nitrogens is 1. The predicted octanol–water partition coefficient (Wildman–Crippen LogP) is 5.01. The Kier molecular flexibility index (Phi) is 6.91. The number of rotatable bonds is 5. The fourth-order valence-electron chi connectivity index (χ4n) is 5.37. The fraction of sp³-hybridized carbons (Fsp3) is 0.156. The van der Waals surface area contributed by atoms with E-state index < -0.39 is 23.4 Å². The molecule has 2 heterocycles. The molecule has 1 fully saturated rings. The molecule has 0 aliphatic carbocycles. The van der Waals surface area contributed by atoms with Crippen molar-refractivity contribution in [3.63, 3.8) is 0 Å². The van der Waals surface area contributed by atoms with Crippen LogP contribution in [0.2, 0.25) is 0 Å². The lowest BCUT2D eigenvalue weighted by atomic mass is 9.96. The minimum atomic E-state index is -0.648. The van der Waals surface area contributed by atoms with Gasteiger partial charge in [0.1, 0.15) is 11.6 Å². The summed E-state index contributed by atoms with van der Waals surface area (Å²) in [7, 11) is 2.02. The number of likely N-dealkylation sites (N-methyl/N-ethyl adjacent to an activating group) is 1. The fourth-order valence-corrected chi connectivity index (χ4v) is 5.37. The van der Waals surface area contributed by atoms with Crippen molar-refractivity contribution >= 4 is 45.2 Å². The Labute approximate surface area is 239 Å². The molecule has 6 rings (SSSR count). The number of nitrogens with two attached hydrogens (primary N) is 1. The van der Waals surface area contributed by atoms with E-state index in [2.05, 4.69) is 15.2 Å². The molecule has 0 radical (unpaired) electrons. The molecule has 0 spiro atoms. The number of piperazine rings is 1. The summed E-state index contributed by atoms with van der Waals surface area (Å²) >= 11 is 0. The van der Waals surface area contributed by atoms with E-state index in [9.17, 15) is 23.2 Å². The molecule has 1 saturated heterocycles. The summed E-state index contributed by atoms with van der Waals surface area (Å²) in [5.74, 6) is -2.43. The van der Waals surface area contributed by atoms with Crippen molar-refractivity contribution in [2.45, 2.75) is 0 Å². The molecule has 1 aliphatic rings. The number of H-pyrrole nitrogens is 1. The third kappa shape index (κ3) is 4.97. The Morgan fingerprint density at radius 3 is 2.29 bits per heavy atom. The maximum Gasteiger partial charge on any atom is 0.255 e.